The predicted molar refractivity (Wildman–Crippen MR) is 67.8 cm³/mol. The molecule has 0 amide bonds. The minimum absolute atomic E-state index is 0.396. The van der Waals surface area contributed by atoms with Crippen LogP contribution in [0.2, 0.25) is 0 Å². The van der Waals surface area contributed by atoms with Crippen molar-refractivity contribution in [3.8, 4) is 0 Å². The Morgan fingerprint density at radius 3 is 1.94 bits per heavy atom. The first-order valence-electron chi connectivity index (χ1n) is 5.90. The molecule has 0 rings (SSSR count). The van der Waals surface area contributed by atoms with E-state index in [1.807, 2.05) is 19.9 Å². The summed E-state index contributed by atoms with van der Waals surface area (Å²) in [7, 11) is -3.00. The summed E-state index contributed by atoms with van der Waals surface area (Å²) in [5.41, 5.74) is 0. The van der Waals surface area contributed by atoms with Gasteiger partial charge >= 0.3 is 7.60 Å². The molecule has 0 aromatic heterocycles. The summed E-state index contributed by atoms with van der Waals surface area (Å²) in [6.07, 6.45) is 1.86. The molecule has 0 aliphatic rings. The first kappa shape index (κ1) is 15.9. The second-order valence-corrected chi connectivity index (χ2v) is 5.14. The number of hydrogen-bond donors (Lipinski definition) is 0. The number of rotatable bonds is 9. The molecule has 0 bridgehead atoms. The molecule has 0 unspecified atom stereocenters. The molecule has 0 aliphatic heterocycles. The van der Waals surface area contributed by atoms with Gasteiger partial charge in [0, 0.05) is 12.4 Å². The molecule has 0 fully saturated rings. The lowest BCUT2D eigenvalue weighted by Crippen LogP contribution is -2.22. The van der Waals surface area contributed by atoms with Gasteiger partial charge in [-0.15, -0.1) is 0 Å². The molecule has 0 radical (unpaired) electrons. The van der Waals surface area contributed by atoms with Gasteiger partial charge in [0.1, 0.15) is 0 Å². The second kappa shape index (κ2) is 8.94. The second-order valence-electron chi connectivity index (χ2n) is 3.25. The Morgan fingerprint density at radius 1 is 1.06 bits per heavy atom. The third-order valence-corrected chi connectivity index (χ3v) is 3.98. The van der Waals surface area contributed by atoms with E-state index in [9.17, 15) is 4.57 Å². The van der Waals surface area contributed by atoms with Crippen LogP contribution in [-0.4, -0.2) is 37.7 Å². The zero-order valence-corrected chi connectivity index (χ0v) is 11.7. The van der Waals surface area contributed by atoms with Crippen molar-refractivity contribution in [3.63, 3.8) is 0 Å². The van der Waals surface area contributed by atoms with Gasteiger partial charge in [-0.25, -0.2) is 0 Å². The Morgan fingerprint density at radius 2 is 1.56 bits per heavy atom. The van der Waals surface area contributed by atoms with Gasteiger partial charge in [0.15, 0.2) is 0 Å². The van der Waals surface area contributed by atoms with E-state index in [-0.39, 0.29) is 0 Å². The summed E-state index contributed by atoms with van der Waals surface area (Å²) in [5.74, 6) is 1.57. The van der Waals surface area contributed by atoms with Crippen molar-refractivity contribution >= 4 is 7.60 Å². The quantitative estimate of drug-likeness (QED) is 0.588. The average Bonchev–Trinajstić information content (AvgIpc) is 2.25. The highest BCUT2D eigenvalue weighted by molar-refractivity contribution is 7.57. The molecule has 0 atom stereocenters. The van der Waals surface area contributed by atoms with E-state index in [4.69, 9.17) is 9.05 Å². The van der Waals surface area contributed by atoms with Crippen LogP contribution in [0.15, 0.2) is 11.9 Å². The van der Waals surface area contributed by atoms with Crippen LogP contribution >= 0.6 is 7.60 Å². The SMILES string of the molecule is CCOP(=O)(/C=C/CN(CC)CC)OCC. The van der Waals surface area contributed by atoms with E-state index in [1.165, 1.54) is 0 Å². The molecule has 0 aliphatic carbocycles. The van der Waals surface area contributed by atoms with Crippen LogP contribution in [0.25, 0.3) is 0 Å². The number of nitrogens with zero attached hydrogens (tertiary/aromatic N) is 1. The maximum Gasteiger partial charge on any atom is 0.353 e. The van der Waals surface area contributed by atoms with Crippen molar-refractivity contribution in [1.82, 2.24) is 4.90 Å². The molecular weight excluding hydrogens is 225 g/mol. The van der Waals surface area contributed by atoms with Gasteiger partial charge in [-0.05, 0) is 26.9 Å². The Labute approximate surface area is 99.1 Å². The maximum absolute atomic E-state index is 12.0. The molecule has 0 heterocycles. The molecule has 16 heavy (non-hydrogen) atoms. The van der Waals surface area contributed by atoms with Crippen LogP contribution in [-0.2, 0) is 13.6 Å². The van der Waals surface area contributed by atoms with Gasteiger partial charge < -0.3 is 13.9 Å². The van der Waals surface area contributed by atoms with Gasteiger partial charge in [-0.2, -0.15) is 0 Å². The van der Waals surface area contributed by atoms with Gasteiger partial charge in [0.2, 0.25) is 0 Å². The van der Waals surface area contributed by atoms with Crippen LogP contribution in [0.3, 0.4) is 0 Å². The molecule has 96 valence electrons. The van der Waals surface area contributed by atoms with Crippen LogP contribution in [0.5, 0.6) is 0 Å². The zero-order chi connectivity index (χ0) is 12.4. The lowest BCUT2D eigenvalue weighted by Gasteiger charge is -2.16. The van der Waals surface area contributed by atoms with Crippen molar-refractivity contribution in [2.75, 3.05) is 32.8 Å². The lowest BCUT2D eigenvalue weighted by atomic mass is 10.5. The minimum atomic E-state index is -3.00. The van der Waals surface area contributed by atoms with Crippen molar-refractivity contribution in [1.29, 1.82) is 0 Å². The predicted octanol–water partition coefficient (Wildman–Crippen LogP) is 3.11. The standard InChI is InChI=1S/C11H24NO3P/c1-5-12(6-2)10-9-11-16(13,14-7-3)15-8-4/h9,11H,5-8,10H2,1-4H3/b11-9+. The fourth-order valence-electron chi connectivity index (χ4n) is 1.29. The molecule has 0 spiro atoms. The molecule has 0 aromatic rings. The summed E-state index contributed by atoms with van der Waals surface area (Å²) in [6, 6.07) is 0. The normalized spacial score (nSPS) is 12.8. The van der Waals surface area contributed by atoms with Crippen LogP contribution in [0, 0.1) is 0 Å². The highest BCUT2D eigenvalue weighted by atomic mass is 31.2. The minimum Gasteiger partial charge on any atom is -0.306 e. The van der Waals surface area contributed by atoms with E-state index < -0.39 is 7.60 Å². The van der Waals surface area contributed by atoms with E-state index in [0.29, 0.717) is 13.2 Å². The molecular formula is C11H24NO3P. The summed E-state index contributed by atoms with van der Waals surface area (Å²) in [5, 5.41) is 0. The molecule has 4 nitrogen and oxygen atoms in total. The zero-order valence-electron chi connectivity index (χ0n) is 10.8. The first-order chi connectivity index (χ1) is 7.61. The Kier molecular flexibility index (Phi) is 8.86. The van der Waals surface area contributed by atoms with Gasteiger partial charge in [0.25, 0.3) is 0 Å². The van der Waals surface area contributed by atoms with Crippen molar-refractivity contribution < 1.29 is 13.6 Å². The van der Waals surface area contributed by atoms with Crippen LogP contribution in [0.4, 0.5) is 0 Å². The van der Waals surface area contributed by atoms with Crippen molar-refractivity contribution in [3.05, 3.63) is 11.9 Å². The summed E-state index contributed by atoms with van der Waals surface area (Å²) in [6.45, 7) is 11.3. The van der Waals surface area contributed by atoms with E-state index in [1.54, 1.807) is 5.82 Å². The summed E-state index contributed by atoms with van der Waals surface area (Å²) >= 11 is 0. The summed E-state index contributed by atoms with van der Waals surface area (Å²) < 4.78 is 22.3. The molecule has 5 heteroatoms. The Bertz CT molecular complexity index is 229. The monoisotopic (exact) mass is 249 g/mol. The maximum atomic E-state index is 12.0. The molecule has 0 saturated heterocycles. The third-order valence-electron chi connectivity index (χ3n) is 2.16. The molecule has 0 saturated carbocycles. The van der Waals surface area contributed by atoms with Gasteiger partial charge in [-0.3, -0.25) is 4.57 Å². The van der Waals surface area contributed by atoms with Crippen molar-refractivity contribution in [2.45, 2.75) is 27.7 Å². The van der Waals surface area contributed by atoms with Crippen LogP contribution in [0.1, 0.15) is 27.7 Å². The fourth-order valence-corrected chi connectivity index (χ4v) is 2.61. The van der Waals surface area contributed by atoms with Gasteiger partial charge in [-0.1, -0.05) is 19.9 Å². The average molecular weight is 249 g/mol. The largest absolute Gasteiger partial charge is 0.353 e. The highest BCUT2D eigenvalue weighted by Gasteiger charge is 2.18. The smallest absolute Gasteiger partial charge is 0.306 e. The van der Waals surface area contributed by atoms with E-state index >= 15 is 0 Å². The topological polar surface area (TPSA) is 38.8 Å². The third kappa shape index (κ3) is 6.44. The highest BCUT2D eigenvalue weighted by Crippen LogP contribution is 2.49. The number of hydrogen-bond acceptors (Lipinski definition) is 4. The number of likely N-dealkylation sites (N-methyl/N-ethyl adjacent to an activating group) is 1. The first-order valence-corrected chi connectivity index (χ1v) is 7.51. The van der Waals surface area contributed by atoms with Gasteiger partial charge in [0.05, 0.1) is 13.2 Å². The molecule has 0 aromatic carbocycles. The summed E-state index contributed by atoms with van der Waals surface area (Å²) in [4.78, 5) is 2.22. The fraction of sp³-hybridized carbons (Fsp3) is 0.818. The van der Waals surface area contributed by atoms with Crippen molar-refractivity contribution in [2.24, 2.45) is 0 Å². The Balaban J connectivity index is 4.27. The van der Waals surface area contributed by atoms with E-state index in [0.717, 1.165) is 19.6 Å². The van der Waals surface area contributed by atoms with Crippen LogP contribution < -0.4 is 0 Å². The van der Waals surface area contributed by atoms with E-state index in [2.05, 4.69) is 18.7 Å². The Hall–Kier alpha value is -0.150. The molecule has 0 N–H and O–H groups in total. The lowest BCUT2D eigenvalue weighted by molar-refractivity contribution is 0.228.